The predicted molar refractivity (Wildman–Crippen MR) is 76.1 cm³/mol. The number of fused-ring (bicyclic) bond motifs is 1. The first-order valence-electron chi connectivity index (χ1n) is 5.60. The van der Waals surface area contributed by atoms with Gasteiger partial charge in [0.05, 0.1) is 16.3 Å². The van der Waals surface area contributed by atoms with Gasteiger partial charge in [-0.3, -0.25) is 4.79 Å². The number of carbonyl (C=O) groups excluding carboxylic acids is 1. The molecule has 2 rings (SSSR count). The zero-order chi connectivity index (χ0) is 13.3. The van der Waals surface area contributed by atoms with Crippen LogP contribution in [0.5, 0.6) is 0 Å². The average molecular weight is 284 g/mol. The van der Waals surface area contributed by atoms with Gasteiger partial charge in [-0.1, -0.05) is 36.8 Å². The fraction of sp³-hybridized carbons (Fsp3) is 0.333. The monoisotopic (exact) mass is 283 g/mol. The van der Waals surface area contributed by atoms with Gasteiger partial charge in [0.25, 0.3) is 0 Å². The molecule has 96 valence electrons. The maximum Gasteiger partial charge on any atom is 0.243 e. The Balaban J connectivity index is 2.20. The number of halogens is 1. The van der Waals surface area contributed by atoms with Gasteiger partial charge in [0, 0.05) is 5.02 Å². The van der Waals surface area contributed by atoms with Gasteiger partial charge in [-0.25, -0.2) is 4.98 Å². The molecule has 0 fully saturated rings. The third-order valence-electron chi connectivity index (χ3n) is 2.60. The van der Waals surface area contributed by atoms with Crippen LogP contribution >= 0.6 is 22.9 Å². The van der Waals surface area contributed by atoms with Crippen molar-refractivity contribution in [3.63, 3.8) is 0 Å². The molecule has 1 aromatic heterocycles. The van der Waals surface area contributed by atoms with Crippen LogP contribution in [0.1, 0.15) is 13.8 Å². The van der Waals surface area contributed by atoms with Crippen LogP contribution in [0.3, 0.4) is 0 Å². The molecule has 4 nitrogen and oxygen atoms in total. The van der Waals surface area contributed by atoms with Crippen LogP contribution in [0.4, 0.5) is 5.13 Å². The summed E-state index contributed by atoms with van der Waals surface area (Å²) in [5.74, 6) is -0.121. The highest BCUT2D eigenvalue weighted by atomic mass is 35.5. The Morgan fingerprint density at radius 2 is 2.22 bits per heavy atom. The van der Waals surface area contributed by atoms with Gasteiger partial charge in [-0.15, -0.1) is 0 Å². The summed E-state index contributed by atoms with van der Waals surface area (Å²) in [6, 6.07) is 4.90. The number of rotatable bonds is 3. The molecule has 6 heteroatoms. The number of carbonyl (C=O) groups is 1. The number of nitrogens with one attached hydrogen (secondary N) is 1. The van der Waals surface area contributed by atoms with E-state index in [9.17, 15) is 4.79 Å². The molecule has 0 saturated heterocycles. The van der Waals surface area contributed by atoms with Crippen LogP contribution in [0.15, 0.2) is 18.2 Å². The summed E-state index contributed by atoms with van der Waals surface area (Å²) in [5.41, 5.74) is 6.59. The zero-order valence-corrected chi connectivity index (χ0v) is 11.7. The third kappa shape index (κ3) is 2.80. The second kappa shape index (κ2) is 5.22. The van der Waals surface area contributed by atoms with Gasteiger partial charge < -0.3 is 11.1 Å². The SMILES string of the molecule is CC(C)C(N)C(=O)Nc1nc2ccc(Cl)cc2s1. The minimum atomic E-state index is -0.527. The van der Waals surface area contributed by atoms with Crippen molar-refractivity contribution in [2.75, 3.05) is 5.32 Å². The second-order valence-corrected chi connectivity index (χ2v) is 5.86. The van der Waals surface area contributed by atoms with E-state index in [4.69, 9.17) is 17.3 Å². The van der Waals surface area contributed by atoms with Crippen LogP contribution in [0, 0.1) is 5.92 Å². The topological polar surface area (TPSA) is 68.0 Å². The van der Waals surface area contributed by atoms with Crippen molar-refractivity contribution in [3.05, 3.63) is 23.2 Å². The lowest BCUT2D eigenvalue weighted by molar-refractivity contribution is -0.118. The number of thiazole rings is 1. The first kappa shape index (κ1) is 13.3. The summed E-state index contributed by atoms with van der Waals surface area (Å²) < 4.78 is 0.941. The second-order valence-electron chi connectivity index (χ2n) is 4.39. The molecule has 1 aromatic carbocycles. The van der Waals surface area contributed by atoms with E-state index in [0.29, 0.717) is 10.2 Å². The van der Waals surface area contributed by atoms with Crippen LogP contribution < -0.4 is 11.1 Å². The van der Waals surface area contributed by atoms with Crippen molar-refractivity contribution in [3.8, 4) is 0 Å². The molecule has 0 saturated carbocycles. The highest BCUT2D eigenvalue weighted by Gasteiger charge is 2.18. The zero-order valence-electron chi connectivity index (χ0n) is 10.1. The lowest BCUT2D eigenvalue weighted by Crippen LogP contribution is -2.39. The number of hydrogen-bond acceptors (Lipinski definition) is 4. The number of nitrogens with two attached hydrogens (primary N) is 1. The highest BCUT2D eigenvalue weighted by Crippen LogP contribution is 2.28. The molecular weight excluding hydrogens is 270 g/mol. The van der Waals surface area contributed by atoms with E-state index in [1.54, 1.807) is 6.07 Å². The standard InChI is InChI=1S/C12H14ClN3OS/c1-6(2)10(14)11(17)16-12-15-8-4-3-7(13)5-9(8)18-12/h3-6,10H,14H2,1-2H3,(H,15,16,17). The normalized spacial score (nSPS) is 12.9. The van der Waals surface area contributed by atoms with Gasteiger partial charge in [0.15, 0.2) is 5.13 Å². The molecule has 0 aliphatic heterocycles. The van der Waals surface area contributed by atoms with Crippen molar-refractivity contribution in [1.82, 2.24) is 4.98 Å². The Morgan fingerprint density at radius 1 is 1.50 bits per heavy atom. The van der Waals surface area contributed by atoms with E-state index in [1.165, 1.54) is 11.3 Å². The molecule has 1 amide bonds. The van der Waals surface area contributed by atoms with E-state index in [-0.39, 0.29) is 11.8 Å². The Morgan fingerprint density at radius 3 is 2.89 bits per heavy atom. The van der Waals surface area contributed by atoms with Crippen molar-refractivity contribution in [1.29, 1.82) is 0 Å². The average Bonchev–Trinajstić information content (AvgIpc) is 2.68. The first-order valence-corrected chi connectivity index (χ1v) is 6.79. The first-order chi connectivity index (χ1) is 8.47. The van der Waals surface area contributed by atoms with Crippen molar-refractivity contribution in [2.24, 2.45) is 11.7 Å². The maximum absolute atomic E-state index is 11.8. The summed E-state index contributed by atoms with van der Waals surface area (Å²) in [4.78, 5) is 16.1. The Kier molecular flexibility index (Phi) is 3.85. The molecule has 0 aliphatic rings. The largest absolute Gasteiger partial charge is 0.320 e. The predicted octanol–water partition coefficient (Wildman–Crippen LogP) is 2.87. The molecule has 3 N–H and O–H groups in total. The van der Waals surface area contributed by atoms with Gasteiger partial charge in [0.1, 0.15) is 0 Å². The van der Waals surface area contributed by atoms with E-state index in [0.717, 1.165) is 10.2 Å². The van der Waals surface area contributed by atoms with Crippen molar-refractivity contribution in [2.45, 2.75) is 19.9 Å². The maximum atomic E-state index is 11.8. The number of aromatic nitrogens is 1. The molecule has 1 unspecified atom stereocenters. The Hall–Kier alpha value is -1.17. The van der Waals surface area contributed by atoms with Crippen LogP contribution in [-0.4, -0.2) is 16.9 Å². The molecule has 1 atom stereocenters. The van der Waals surface area contributed by atoms with Crippen LogP contribution in [0.25, 0.3) is 10.2 Å². The Bertz CT molecular complexity index is 582. The molecule has 18 heavy (non-hydrogen) atoms. The summed E-state index contributed by atoms with van der Waals surface area (Å²) in [6.45, 7) is 3.81. The summed E-state index contributed by atoms with van der Waals surface area (Å²) >= 11 is 7.28. The minimum absolute atomic E-state index is 0.0915. The fourth-order valence-electron chi connectivity index (χ4n) is 1.44. The minimum Gasteiger partial charge on any atom is -0.320 e. The Labute approximate surface area is 114 Å². The molecule has 1 heterocycles. The number of hydrogen-bond donors (Lipinski definition) is 2. The number of amides is 1. The lowest BCUT2D eigenvalue weighted by atomic mass is 10.1. The van der Waals surface area contributed by atoms with E-state index in [2.05, 4.69) is 10.3 Å². The molecule has 0 radical (unpaired) electrons. The van der Waals surface area contributed by atoms with Crippen LogP contribution in [0.2, 0.25) is 5.02 Å². The summed E-state index contributed by atoms with van der Waals surface area (Å²) in [7, 11) is 0. The van der Waals surface area contributed by atoms with Gasteiger partial charge in [-0.2, -0.15) is 0 Å². The van der Waals surface area contributed by atoms with Gasteiger partial charge in [0.2, 0.25) is 5.91 Å². The highest BCUT2D eigenvalue weighted by molar-refractivity contribution is 7.22. The molecule has 2 aromatic rings. The summed E-state index contributed by atoms with van der Waals surface area (Å²) in [6.07, 6.45) is 0. The smallest absolute Gasteiger partial charge is 0.243 e. The van der Waals surface area contributed by atoms with Gasteiger partial charge in [-0.05, 0) is 24.1 Å². The van der Waals surface area contributed by atoms with Gasteiger partial charge >= 0.3 is 0 Å². The molecular formula is C12H14ClN3OS. The third-order valence-corrected chi connectivity index (χ3v) is 3.77. The molecule has 0 aliphatic carbocycles. The van der Waals surface area contributed by atoms with Crippen LogP contribution in [-0.2, 0) is 4.79 Å². The number of anilines is 1. The van der Waals surface area contributed by atoms with E-state index < -0.39 is 6.04 Å². The number of nitrogens with zero attached hydrogens (tertiary/aromatic N) is 1. The quantitative estimate of drug-likeness (QED) is 0.910. The van der Waals surface area contributed by atoms with Crippen molar-refractivity contribution >= 4 is 44.2 Å². The lowest BCUT2D eigenvalue weighted by Gasteiger charge is -2.13. The number of benzene rings is 1. The van der Waals surface area contributed by atoms with E-state index in [1.807, 2.05) is 26.0 Å². The fourth-order valence-corrected chi connectivity index (χ4v) is 2.59. The molecule has 0 spiro atoms. The van der Waals surface area contributed by atoms with E-state index >= 15 is 0 Å². The summed E-state index contributed by atoms with van der Waals surface area (Å²) in [5, 5.41) is 3.94. The molecule has 0 bridgehead atoms. The van der Waals surface area contributed by atoms with Crippen molar-refractivity contribution < 1.29 is 4.79 Å².